The van der Waals surface area contributed by atoms with Crippen LogP contribution in [-0.4, -0.2) is 62.8 Å². The highest BCUT2D eigenvalue weighted by Crippen LogP contribution is 2.53. The van der Waals surface area contributed by atoms with Crippen LogP contribution in [0.1, 0.15) is 61.6 Å². The first-order valence-corrected chi connectivity index (χ1v) is 15.0. The van der Waals surface area contributed by atoms with Gasteiger partial charge >= 0.3 is 0 Å². The molecule has 0 bridgehead atoms. The zero-order chi connectivity index (χ0) is 30.6. The highest BCUT2D eigenvalue weighted by Gasteiger charge is 2.64. The van der Waals surface area contributed by atoms with Gasteiger partial charge < -0.3 is 36.2 Å². The molecule has 0 heterocycles. The molecule has 4 aliphatic carbocycles. The van der Waals surface area contributed by atoms with E-state index in [4.69, 9.17) is 10.5 Å². The smallest absolute Gasteiger partial charge is 0.230 e. The number of aliphatic hydroxyl groups is 3. The SMILES string of the molecule is COc1ccc(CNC2CCCCC2)cc1-c1ccc(O)c2c1C[C@H]1C[C@H]3CC(O)C(C(N)=O)C(=O)[C@@]3(O)C(=O)C1=C2O. The lowest BCUT2D eigenvalue weighted by molar-refractivity contribution is -0.174. The van der Waals surface area contributed by atoms with Gasteiger partial charge in [0, 0.05) is 29.6 Å². The van der Waals surface area contributed by atoms with Crippen molar-refractivity contribution in [3.8, 4) is 22.6 Å². The minimum atomic E-state index is -2.60. The first-order chi connectivity index (χ1) is 20.6. The molecular formula is C33H38N2O8. The first kappa shape index (κ1) is 29.3. The average molecular weight is 591 g/mol. The number of methoxy groups -OCH3 is 1. The van der Waals surface area contributed by atoms with Crippen molar-refractivity contribution in [1.82, 2.24) is 5.32 Å². The van der Waals surface area contributed by atoms with E-state index < -0.39 is 52.7 Å². The van der Waals surface area contributed by atoms with Crippen LogP contribution < -0.4 is 15.8 Å². The average Bonchev–Trinajstić information content (AvgIpc) is 2.98. The van der Waals surface area contributed by atoms with Crippen LogP contribution in [0.25, 0.3) is 16.9 Å². The molecule has 3 saturated carbocycles. The van der Waals surface area contributed by atoms with E-state index in [2.05, 4.69) is 5.32 Å². The number of aromatic hydroxyl groups is 1. The number of nitrogens with one attached hydrogen (secondary N) is 1. The quantitative estimate of drug-likeness (QED) is 0.276. The van der Waals surface area contributed by atoms with Gasteiger partial charge in [-0.2, -0.15) is 0 Å². The Hall–Kier alpha value is -3.73. The van der Waals surface area contributed by atoms with E-state index in [9.17, 15) is 34.8 Å². The summed E-state index contributed by atoms with van der Waals surface area (Å²) in [4.78, 5) is 39.0. The summed E-state index contributed by atoms with van der Waals surface area (Å²) < 4.78 is 5.71. The van der Waals surface area contributed by atoms with E-state index in [0.717, 1.165) is 29.5 Å². The molecule has 0 aromatic heterocycles. The number of hydrogen-bond acceptors (Lipinski definition) is 9. The summed E-state index contributed by atoms with van der Waals surface area (Å²) in [5.41, 5.74) is 5.77. The predicted molar refractivity (Wildman–Crippen MR) is 157 cm³/mol. The van der Waals surface area contributed by atoms with Crippen molar-refractivity contribution < 1.29 is 39.5 Å². The normalized spacial score (nSPS) is 29.1. The Morgan fingerprint density at radius 1 is 1.07 bits per heavy atom. The second kappa shape index (κ2) is 11.1. The van der Waals surface area contributed by atoms with Gasteiger partial charge in [-0.3, -0.25) is 14.4 Å². The van der Waals surface area contributed by atoms with Crippen molar-refractivity contribution >= 4 is 23.2 Å². The molecule has 6 rings (SSSR count). The molecule has 2 aromatic rings. The monoisotopic (exact) mass is 590 g/mol. The molecule has 0 aliphatic heterocycles. The van der Waals surface area contributed by atoms with Gasteiger partial charge in [-0.05, 0) is 72.9 Å². The maximum absolute atomic E-state index is 13.8. The van der Waals surface area contributed by atoms with Crippen molar-refractivity contribution in [2.45, 2.75) is 75.7 Å². The Morgan fingerprint density at radius 3 is 2.51 bits per heavy atom. The third kappa shape index (κ3) is 4.72. The molecule has 0 saturated heterocycles. The van der Waals surface area contributed by atoms with Crippen molar-refractivity contribution in [2.24, 2.45) is 23.5 Å². The largest absolute Gasteiger partial charge is 0.507 e. The summed E-state index contributed by atoms with van der Waals surface area (Å²) in [6.07, 6.45) is 4.78. The Labute approximate surface area is 249 Å². The Kier molecular flexibility index (Phi) is 7.56. The highest BCUT2D eigenvalue weighted by atomic mass is 16.5. The zero-order valence-corrected chi connectivity index (χ0v) is 24.1. The van der Waals surface area contributed by atoms with Gasteiger partial charge in [0.05, 0.1) is 18.8 Å². The Morgan fingerprint density at radius 2 is 1.81 bits per heavy atom. The summed E-state index contributed by atoms with van der Waals surface area (Å²) in [5, 5.41) is 48.1. The van der Waals surface area contributed by atoms with Crippen molar-refractivity contribution in [1.29, 1.82) is 0 Å². The number of hydrogen-bond donors (Lipinski definition) is 6. The lowest BCUT2D eigenvalue weighted by atomic mass is 9.56. The number of ketones is 2. The zero-order valence-electron chi connectivity index (χ0n) is 24.1. The molecular weight excluding hydrogens is 552 g/mol. The number of carbonyl (C=O) groups is 3. The van der Waals surface area contributed by atoms with Gasteiger partial charge in [0.15, 0.2) is 11.4 Å². The van der Waals surface area contributed by atoms with Crippen molar-refractivity contribution in [3.63, 3.8) is 0 Å². The molecule has 1 amide bonds. The lowest BCUT2D eigenvalue weighted by Gasteiger charge is -2.48. The number of rotatable bonds is 6. The van der Waals surface area contributed by atoms with E-state index in [-0.39, 0.29) is 36.1 Å². The summed E-state index contributed by atoms with van der Waals surface area (Å²) in [6, 6.07) is 9.61. The maximum Gasteiger partial charge on any atom is 0.230 e. The number of aliphatic hydroxyl groups excluding tert-OH is 2. The van der Waals surface area contributed by atoms with E-state index in [0.29, 0.717) is 23.9 Å². The fourth-order valence-electron chi connectivity index (χ4n) is 7.82. The van der Waals surface area contributed by atoms with Crippen molar-refractivity contribution in [2.75, 3.05) is 7.11 Å². The topological polar surface area (TPSA) is 179 Å². The lowest BCUT2D eigenvalue weighted by Crippen LogP contribution is -2.66. The van der Waals surface area contributed by atoms with Crippen LogP contribution in [0.3, 0.4) is 0 Å². The molecule has 10 nitrogen and oxygen atoms in total. The molecule has 2 aromatic carbocycles. The Balaban J connectivity index is 1.41. The maximum atomic E-state index is 13.8. The molecule has 2 unspecified atom stereocenters. The van der Waals surface area contributed by atoms with Crippen LogP contribution >= 0.6 is 0 Å². The number of ether oxygens (including phenoxy) is 1. The van der Waals surface area contributed by atoms with Crippen molar-refractivity contribution in [3.05, 3.63) is 52.6 Å². The number of benzene rings is 2. The van der Waals surface area contributed by atoms with Crippen LogP contribution in [0.15, 0.2) is 35.9 Å². The second-order valence-electron chi connectivity index (χ2n) is 12.5. The number of nitrogens with two attached hydrogens (primary N) is 1. The number of primary amides is 1. The summed E-state index contributed by atoms with van der Waals surface area (Å²) in [7, 11) is 1.58. The summed E-state index contributed by atoms with van der Waals surface area (Å²) >= 11 is 0. The molecule has 5 atom stereocenters. The van der Waals surface area contributed by atoms with Crippen LogP contribution in [0.2, 0.25) is 0 Å². The third-order valence-electron chi connectivity index (χ3n) is 10.0. The second-order valence-corrected chi connectivity index (χ2v) is 12.5. The van der Waals surface area contributed by atoms with Gasteiger partial charge in [-0.15, -0.1) is 0 Å². The number of phenolic OH excluding ortho intramolecular Hbond substituents is 1. The molecule has 10 heteroatoms. The number of phenols is 1. The number of carbonyl (C=O) groups excluding carboxylic acids is 3. The molecule has 4 aliphatic rings. The molecule has 7 N–H and O–H groups in total. The van der Waals surface area contributed by atoms with Crippen LogP contribution in [-0.2, 0) is 27.3 Å². The van der Waals surface area contributed by atoms with Gasteiger partial charge in [0.2, 0.25) is 11.7 Å². The van der Waals surface area contributed by atoms with E-state index >= 15 is 0 Å². The van der Waals surface area contributed by atoms with E-state index in [1.165, 1.54) is 25.3 Å². The molecule has 43 heavy (non-hydrogen) atoms. The van der Waals surface area contributed by atoms with Gasteiger partial charge in [-0.25, -0.2) is 0 Å². The minimum absolute atomic E-state index is 0.0571. The van der Waals surface area contributed by atoms with Crippen LogP contribution in [0, 0.1) is 17.8 Å². The number of Topliss-reactive ketones (excluding diaryl/α,β-unsaturated/α-hetero) is 2. The number of amides is 1. The Bertz CT molecular complexity index is 1530. The summed E-state index contributed by atoms with van der Waals surface area (Å²) in [5.74, 6) is -6.74. The minimum Gasteiger partial charge on any atom is -0.507 e. The fraction of sp³-hybridized carbons (Fsp3) is 0.485. The molecule has 0 radical (unpaired) electrons. The summed E-state index contributed by atoms with van der Waals surface area (Å²) in [6.45, 7) is 0.678. The molecule has 228 valence electrons. The van der Waals surface area contributed by atoms with E-state index in [1.54, 1.807) is 13.2 Å². The van der Waals surface area contributed by atoms with E-state index in [1.807, 2.05) is 18.2 Å². The first-order valence-electron chi connectivity index (χ1n) is 15.0. The number of fused-ring (bicyclic) bond motifs is 3. The standard InChI is InChI=1S/C33H38N2O8/c1-43-25-10-7-16(15-35-19-5-3-2-4-6-19)11-21(25)20-8-9-23(36)27-22(20)13-17-12-18-14-24(37)28(32(34)41)31(40)33(18,42)30(39)26(17)29(27)38/h7-11,17-19,24,28,35-38,42H,2-6,12-15H2,1H3,(H2,34,41)/t17-,18+,24?,28?,33+/m1/s1. The van der Waals surface area contributed by atoms with Crippen LogP contribution in [0.4, 0.5) is 0 Å². The highest BCUT2D eigenvalue weighted by molar-refractivity contribution is 6.24. The third-order valence-corrected chi connectivity index (χ3v) is 10.0. The molecule has 3 fully saturated rings. The van der Waals surface area contributed by atoms with Gasteiger partial charge in [0.25, 0.3) is 0 Å². The van der Waals surface area contributed by atoms with Gasteiger partial charge in [-0.1, -0.05) is 31.4 Å². The predicted octanol–water partition coefficient (Wildman–Crippen LogP) is 2.69. The molecule has 0 spiro atoms. The fourth-order valence-corrected chi connectivity index (χ4v) is 7.82. The van der Waals surface area contributed by atoms with Crippen LogP contribution in [0.5, 0.6) is 11.5 Å². The van der Waals surface area contributed by atoms with Gasteiger partial charge in [0.1, 0.15) is 23.2 Å².